The lowest BCUT2D eigenvalue weighted by molar-refractivity contribution is -0.122. The number of ketones is 1. The maximum absolute atomic E-state index is 11.5. The summed E-state index contributed by atoms with van der Waals surface area (Å²) in [5.74, 6) is 0.604. The van der Waals surface area contributed by atoms with Gasteiger partial charge in [0.2, 0.25) is 0 Å². The van der Waals surface area contributed by atoms with Crippen LogP contribution >= 0.6 is 0 Å². The molecule has 0 bridgehead atoms. The molecular formula is C10H18O2. The minimum absolute atomic E-state index is 0.201. The Morgan fingerprint density at radius 3 is 2.83 bits per heavy atom. The molecule has 2 heteroatoms. The Bertz CT molecular complexity index is 154. The fourth-order valence-corrected chi connectivity index (χ4v) is 1.60. The van der Waals surface area contributed by atoms with Crippen molar-refractivity contribution >= 4 is 5.78 Å². The number of ether oxygens (including phenoxy) is 1. The Morgan fingerprint density at radius 2 is 2.33 bits per heavy atom. The van der Waals surface area contributed by atoms with Gasteiger partial charge in [0.15, 0.2) is 0 Å². The summed E-state index contributed by atoms with van der Waals surface area (Å²) >= 11 is 0. The SMILES string of the molecule is CCCCC(=O)C1COC(C)C1. The van der Waals surface area contributed by atoms with Crippen molar-refractivity contribution in [3.63, 3.8) is 0 Å². The molecule has 0 aliphatic carbocycles. The summed E-state index contributed by atoms with van der Waals surface area (Å²) in [5, 5.41) is 0. The third kappa shape index (κ3) is 2.59. The highest BCUT2D eigenvalue weighted by atomic mass is 16.5. The molecule has 2 atom stereocenters. The predicted molar refractivity (Wildman–Crippen MR) is 48.1 cm³/mol. The van der Waals surface area contributed by atoms with E-state index < -0.39 is 0 Å². The summed E-state index contributed by atoms with van der Waals surface area (Å²) in [4.78, 5) is 11.5. The number of hydrogen-bond donors (Lipinski definition) is 0. The molecule has 2 nitrogen and oxygen atoms in total. The van der Waals surface area contributed by atoms with Gasteiger partial charge < -0.3 is 4.74 Å². The van der Waals surface area contributed by atoms with E-state index in [0.29, 0.717) is 18.5 Å². The molecule has 1 heterocycles. The number of carbonyl (C=O) groups excluding carboxylic acids is 1. The summed E-state index contributed by atoms with van der Waals surface area (Å²) in [6.45, 7) is 4.80. The molecule has 0 amide bonds. The standard InChI is InChI=1S/C10H18O2/c1-3-4-5-10(11)9-6-8(2)12-7-9/h8-9H,3-7H2,1-2H3. The van der Waals surface area contributed by atoms with Crippen LogP contribution in [0.3, 0.4) is 0 Å². The Balaban J connectivity index is 2.23. The van der Waals surface area contributed by atoms with Crippen molar-refractivity contribution in [1.29, 1.82) is 0 Å². The van der Waals surface area contributed by atoms with Crippen LogP contribution in [0.15, 0.2) is 0 Å². The van der Waals surface area contributed by atoms with Crippen molar-refractivity contribution in [3.05, 3.63) is 0 Å². The van der Waals surface area contributed by atoms with Gasteiger partial charge in [0.25, 0.3) is 0 Å². The first kappa shape index (κ1) is 9.72. The molecule has 1 aliphatic heterocycles. The van der Waals surface area contributed by atoms with Crippen LogP contribution in [0.2, 0.25) is 0 Å². The Kier molecular flexibility index (Phi) is 3.73. The van der Waals surface area contributed by atoms with Crippen LogP contribution in [0.25, 0.3) is 0 Å². The van der Waals surface area contributed by atoms with Gasteiger partial charge in [-0.25, -0.2) is 0 Å². The monoisotopic (exact) mass is 170 g/mol. The van der Waals surface area contributed by atoms with Gasteiger partial charge >= 0.3 is 0 Å². The lowest BCUT2D eigenvalue weighted by atomic mass is 9.97. The molecule has 0 aromatic heterocycles. The van der Waals surface area contributed by atoms with E-state index in [1.165, 1.54) is 0 Å². The van der Waals surface area contributed by atoms with E-state index in [9.17, 15) is 4.79 Å². The third-order valence-corrected chi connectivity index (χ3v) is 2.43. The topological polar surface area (TPSA) is 26.3 Å². The zero-order chi connectivity index (χ0) is 8.97. The smallest absolute Gasteiger partial charge is 0.138 e. The lowest BCUT2D eigenvalue weighted by Gasteiger charge is -2.04. The molecule has 0 saturated carbocycles. The first-order valence-electron chi connectivity index (χ1n) is 4.88. The number of Topliss-reactive ketones (excluding diaryl/α,β-unsaturated/α-hetero) is 1. The largest absolute Gasteiger partial charge is 0.378 e. The lowest BCUT2D eigenvalue weighted by Crippen LogP contribution is -2.14. The van der Waals surface area contributed by atoms with Crippen LogP contribution in [0.1, 0.15) is 39.5 Å². The Hall–Kier alpha value is -0.370. The van der Waals surface area contributed by atoms with Crippen LogP contribution in [0.4, 0.5) is 0 Å². The highest BCUT2D eigenvalue weighted by Gasteiger charge is 2.27. The maximum atomic E-state index is 11.5. The van der Waals surface area contributed by atoms with Crippen molar-refractivity contribution < 1.29 is 9.53 Å². The number of rotatable bonds is 4. The van der Waals surface area contributed by atoms with Gasteiger partial charge in [-0.05, 0) is 19.8 Å². The van der Waals surface area contributed by atoms with Crippen LogP contribution in [0.5, 0.6) is 0 Å². The normalized spacial score (nSPS) is 29.2. The molecule has 12 heavy (non-hydrogen) atoms. The van der Waals surface area contributed by atoms with E-state index in [1.807, 2.05) is 6.92 Å². The van der Waals surface area contributed by atoms with Crippen molar-refractivity contribution in [2.24, 2.45) is 5.92 Å². The number of carbonyl (C=O) groups is 1. The van der Waals surface area contributed by atoms with E-state index in [0.717, 1.165) is 25.7 Å². The molecule has 1 rings (SSSR count). The molecule has 0 spiro atoms. The zero-order valence-corrected chi connectivity index (χ0v) is 8.01. The molecule has 1 saturated heterocycles. The quantitative estimate of drug-likeness (QED) is 0.646. The van der Waals surface area contributed by atoms with Crippen molar-refractivity contribution in [2.75, 3.05) is 6.61 Å². The van der Waals surface area contributed by atoms with E-state index in [-0.39, 0.29) is 5.92 Å². The van der Waals surface area contributed by atoms with Gasteiger partial charge in [0.05, 0.1) is 12.7 Å². The predicted octanol–water partition coefficient (Wildman–Crippen LogP) is 2.17. The summed E-state index contributed by atoms with van der Waals surface area (Å²) < 4.78 is 5.35. The molecule has 70 valence electrons. The van der Waals surface area contributed by atoms with Crippen molar-refractivity contribution in [1.82, 2.24) is 0 Å². The molecule has 2 unspecified atom stereocenters. The third-order valence-electron chi connectivity index (χ3n) is 2.43. The fourth-order valence-electron chi connectivity index (χ4n) is 1.60. The van der Waals surface area contributed by atoms with Crippen LogP contribution in [0, 0.1) is 5.92 Å². The van der Waals surface area contributed by atoms with Gasteiger partial charge in [-0.15, -0.1) is 0 Å². The van der Waals surface area contributed by atoms with Crippen LogP contribution in [-0.4, -0.2) is 18.5 Å². The van der Waals surface area contributed by atoms with Gasteiger partial charge in [0, 0.05) is 12.3 Å². The average molecular weight is 170 g/mol. The second kappa shape index (κ2) is 4.61. The highest BCUT2D eigenvalue weighted by Crippen LogP contribution is 2.21. The summed E-state index contributed by atoms with van der Waals surface area (Å²) in [5.41, 5.74) is 0. The fraction of sp³-hybridized carbons (Fsp3) is 0.900. The highest BCUT2D eigenvalue weighted by molar-refractivity contribution is 5.81. The second-order valence-electron chi connectivity index (χ2n) is 3.65. The number of unbranched alkanes of at least 4 members (excludes halogenated alkanes) is 1. The van der Waals surface area contributed by atoms with Crippen molar-refractivity contribution in [3.8, 4) is 0 Å². The minimum Gasteiger partial charge on any atom is -0.378 e. The van der Waals surface area contributed by atoms with E-state index in [1.54, 1.807) is 0 Å². The Labute approximate surface area is 74.3 Å². The summed E-state index contributed by atoms with van der Waals surface area (Å²) in [7, 11) is 0. The molecular weight excluding hydrogens is 152 g/mol. The maximum Gasteiger partial charge on any atom is 0.138 e. The van der Waals surface area contributed by atoms with E-state index >= 15 is 0 Å². The number of hydrogen-bond acceptors (Lipinski definition) is 2. The van der Waals surface area contributed by atoms with Gasteiger partial charge in [-0.2, -0.15) is 0 Å². The van der Waals surface area contributed by atoms with Gasteiger partial charge in [0.1, 0.15) is 5.78 Å². The first-order chi connectivity index (χ1) is 5.74. The van der Waals surface area contributed by atoms with Crippen LogP contribution < -0.4 is 0 Å². The minimum atomic E-state index is 0.201. The molecule has 0 aromatic rings. The van der Waals surface area contributed by atoms with Crippen LogP contribution in [-0.2, 0) is 9.53 Å². The molecule has 1 fully saturated rings. The first-order valence-corrected chi connectivity index (χ1v) is 4.88. The molecule has 1 aliphatic rings. The molecule has 0 N–H and O–H groups in total. The van der Waals surface area contributed by atoms with Gasteiger partial charge in [-0.3, -0.25) is 4.79 Å². The van der Waals surface area contributed by atoms with Crippen molar-refractivity contribution in [2.45, 2.75) is 45.6 Å². The molecule has 0 radical (unpaired) electrons. The summed E-state index contributed by atoms with van der Waals surface area (Å²) in [6, 6.07) is 0. The average Bonchev–Trinajstić information content (AvgIpc) is 2.47. The second-order valence-corrected chi connectivity index (χ2v) is 3.65. The molecule has 0 aromatic carbocycles. The zero-order valence-electron chi connectivity index (χ0n) is 8.01. The van der Waals surface area contributed by atoms with Gasteiger partial charge in [-0.1, -0.05) is 13.3 Å². The Morgan fingerprint density at radius 1 is 1.58 bits per heavy atom. The summed E-state index contributed by atoms with van der Waals surface area (Å²) in [6.07, 6.45) is 4.11. The van der Waals surface area contributed by atoms with E-state index in [4.69, 9.17) is 4.74 Å². The van der Waals surface area contributed by atoms with E-state index in [2.05, 4.69) is 6.92 Å².